The van der Waals surface area contributed by atoms with Gasteiger partial charge in [-0.25, -0.2) is 0 Å². The predicted octanol–water partition coefficient (Wildman–Crippen LogP) is 1.66. The van der Waals surface area contributed by atoms with Crippen molar-refractivity contribution in [2.75, 3.05) is 19.7 Å². The summed E-state index contributed by atoms with van der Waals surface area (Å²) in [4.78, 5) is 0. The smallest absolute Gasteiger partial charge is 0.119 e. The molecule has 2 N–H and O–H groups in total. The summed E-state index contributed by atoms with van der Waals surface area (Å²) in [5.74, 6) is 0.847. The quantitative estimate of drug-likeness (QED) is 0.812. The van der Waals surface area contributed by atoms with Crippen molar-refractivity contribution in [1.82, 2.24) is 5.32 Å². The first-order valence-electron chi connectivity index (χ1n) is 5.91. The zero-order valence-corrected chi connectivity index (χ0v) is 9.70. The fourth-order valence-corrected chi connectivity index (χ4v) is 2.02. The van der Waals surface area contributed by atoms with E-state index in [0.29, 0.717) is 6.54 Å². The van der Waals surface area contributed by atoms with Crippen LogP contribution >= 0.6 is 0 Å². The molecule has 88 valence electrons. The Morgan fingerprint density at radius 1 is 1.50 bits per heavy atom. The van der Waals surface area contributed by atoms with Crippen LogP contribution in [0.5, 0.6) is 5.75 Å². The van der Waals surface area contributed by atoms with Gasteiger partial charge in [-0.15, -0.1) is 0 Å². The fourth-order valence-electron chi connectivity index (χ4n) is 2.02. The van der Waals surface area contributed by atoms with Crippen LogP contribution in [-0.2, 0) is 5.60 Å². The van der Waals surface area contributed by atoms with Crippen LogP contribution in [0.15, 0.2) is 24.3 Å². The summed E-state index contributed by atoms with van der Waals surface area (Å²) < 4.78 is 5.57. The Balaban J connectivity index is 2.15. The van der Waals surface area contributed by atoms with Crippen LogP contribution in [0.25, 0.3) is 0 Å². The van der Waals surface area contributed by atoms with Crippen LogP contribution in [0, 0.1) is 0 Å². The van der Waals surface area contributed by atoms with Gasteiger partial charge in [0.1, 0.15) is 11.4 Å². The molecule has 0 bridgehead atoms. The third-order valence-corrected chi connectivity index (χ3v) is 2.98. The van der Waals surface area contributed by atoms with Gasteiger partial charge in [0.05, 0.1) is 6.61 Å². The highest BCUT2D eigenvalue weighted by molar-refractivity contribution is 5.33. The number of benzene rings is 1. The number of ether oxygens (including phenoxy) is 1. The van der Waals surface area contributed by atoms with Crippen LogP contribution in [0.4, 0.5) is 0 Å². The lowest BCUT2D eigenvalue weighted by Crippen LogP contribution is -2.28. The molecule has 0 aliphatic carbocycles. The Morgan fingerprint density at radius 3 is 3.06 bits per heavy atom. The second-order valence-corrected chi connectivity index (χ2v) is 4.33. The molecule has 1 saturated heterocycles. The summed E-state index contributed by atoms with van der Waals surface area (Å²) >= 11 is 0. The highest BCUT2D eigenvalue weighted by atomic mass is 16.5. The van der Waals surface area contributed by atoms with E-state index >= 15 is 0 Å². The molecule has 0 aromatic heterocycles. The van der Waals surface area contributed by atoms with E-state index in [-0.39, 0.29) is 0 Å². The number of β-amino-alcohol motifs (C(OH)–C–C–N with tert-alkyl or cyclic N) is 1. The second kappa shape index (κ2) is 4.85. The molecule has 1 aliphatic heterocycles. The Bertz CT molecular complexity index is 346. The minimum atomic E-state index is -0.717. The molecule has 1 fully saturated rings. The number of rotatable bonds is 4. The summed E-state index contributed by atoms with van der Waals surface area (Å²) in [5.41, 5.74) is 0.233. The average Bonchev–Trinajstić information content (AvgIpc) is 2.75. The lowest BCUT2D eigenvalue weighted by molar-refractivity contribution is 0.0584. The summed E-state index contributed by atoms with van der Waals surface area (Å²) in [6.07, 6.45) is 1.76. The Morgan fingerprint density at radius 2 is 2.38 bits per heavy atom. The van der Waals surface area contributed by atoms with E-state index in [1.54, 1.807) is 0 Å². The third-order valence-electron chi connectivity index (χ3n) is 2.98. The maximum absolute atomic E-state index is 10.4. The van der Waals surface area contributed by atoms with E-state index in [9.17, 15) is 5.11 Å². The topological polar surface area (TPSA) is 41.5 Å². The SMILES string of the molecule is CCCOc1cccc(C2(O)CCNC2)c1. The largest absolute Gasteiger partial charge is 0.494 e. The van der Waals surface area contributed by atoms with Gasteiger partial charge in [-0.2, -0.15) is 0 Å². The van der Waals surface area contributed by atoms with Gasteiger partial charge in [0.25, 0.3) is 0 Å². The molecule has 16 heavy (non-hydrogen) atoms. The van der Waals surface area contributed by atoms with Crippen molar-refractivity contribution in [1.29, 1.82) is 0 Å². The highest BCUT2D eigenvalue weighted by Gasteiger charge is 2.32. The lowest BCUT2D eigenvalue weighted by atomic mass is 9.93. The van der Waals surface area contributed by atoms with E-state index in [1.807, 2.05) is 24.3 Å². The average molecular weight is 221 g/mol. The standard InChI is InChI=1S/C13H19NO2/c1-2-8-16-12-5-3-4-11(9-12)13(15)6-7-14-10-13/h3-5,9,14-15H,2,6-8,10H2,1H3. The Labute approximate surface area is 96.4 Å². The van der Waals surface area contributed by atoms with E-state index in [2.05, 4.69) is 12.2 Å². The minimum Gasteiger partial charge on any atom is -0.494 e. The van der Waals surface area contributed by atoms with Crippen LogP contribution < -0.4 is 10.1 Å². The molecular weight excluding hydrogens is 202 g/mol. The van der Waals surface area contributed by atoms with Gasteiger partial charge in [-0.05, 0) is 37.1 Å². The Kier molecular flexibility index (Phi) is 3.46. The van der Waals surface area contributed by atoms with Gasteiger partial charge in [0.15, 0.2) is 0 Å². The third kappa shape index (κ3) is 2.36. The number of hydrogen-bond acceptors (Lipinski definition) is 3. The summed E-state index contributed by atoms with van der Waals surface area (Å²) in [5, 5.41) is 13.6. The zero-order chi connectivity index (χ0) is 11.4. The van der Waals surface area contributed by atoms with Crippen molar-refractivity contribution < 1.29 is 9.84 Å². The molecular formula is C13H19NO2. The first kappa shape index (κ1) is 11.4. The number of aliphatic hydroxyl groups is 1. The van der Waals surface area contributed by atoms with E-state index in [0.717, 1.165) is 37.3 Å². The van der Waals surface area contributed by atoms with Crippen molar-refractivity contribution in [3.05, 3.63) is 29.8 Å². The van der Waals surface area contributed by atoms with Crippen LogP contribution in [0.3, 0.4) is 0 Å². The van der Waals surface area contributed by atoms with Gasteiger partial charge in [0.2, 0.25) is 0 Å². The predicted molar refractivity (Wildman–Crippen MR) is 63.6 cm³/mol. The maximum Gasteiger partial charge on any atom is 0.119 e. The van der Waals surface area contributed by atoms with Gasteiger partial charge < -0.3 is 15.2 Å². The summed E-state index contributed by atoms with van der Waals surface area (Å²) in [6.45, 7) is 4.30. The van der Waals surface area contributed by atoms with E-state index in [4.69, 9.17) is 4.74 Å². The summed E-state index contributed by atoms with van der Waals surface area (Å²) in [6, 6.07) is 7.79. The first-order chi connectivity index (χ1) is 7.74. The van der Waals surface area contributed by atoms with Crippen molar-refractivity contribution in [3.63, 3.8) is 0 Å². The fraction of sp³-hybridized carbons (Fsp3) is 0.538. The van der Waals surface area contributed by atoms with Crippen LogP contribution in [-0.4, -0.2) is 24.8 Å². The first-order valence-corrected chi connectivity index (χ1v) is 5.91. The zero-order valence-electron chi connectivity index (χ0n) is 9.70. The molecule has 2 rings (SSSR count). The number of nitrogens with one attached hydrogen (secondary N) is 1. The molecule has 1 unspecified atom stereocenters. The van der Waals surface area contributed by atoms with Gasteiger partial charge in [-0.3, -0.25) is 0 Å². The second-order valence-electron chi connectivity index (χ2n) is 4.33. The molecule has 3 heteroatoms. The molecule has 0 amide bonds. The van der Waals surface area contributed by atoms with Gasteiger partial charge in [0, 0.05) is 6.54 Å². The van der Waals surface area contributed by atoms with E-state index < -0.39 is 5.60 Å². The molecule has 3 nitrogen and oxygen atoms in total. The van der Waals surface area contributed by atoms with Gasteiger partial charge >= 0.3 is 0 Å². The van der Waals surface area contributed by atoms with Crippen LogP contribution in [0.2, 0.25) is 0 Å². The molecule has 1 atom stereocenters. The lowest BCUT2D eigenvalue weighted by Gasteiger charge is -2.22. The molecule has 1 aromatic rings. The Hall–Kier alpha value is -1.06. The van der Waals surface area contributed by atoms with Crippen molar-refractivity contribution in [2.45, 2.75) is 25.4 Å². The van der Waals surface area contributed by atoms with Crippen molar-refractivity contribution in [2.24, 2.45) is 0 Å². The summed E-state index contributed by atoms with van der Waals surface area (Å²) in [7, 11) is 0. The monoisotopic (exact) mass is 221 g/mol. The van der Waals surface area contributed by atoms with Crippen LogP contribution in [0.1, 0.15) is 25.3 Å². The van der Waals surface area contributed by atoms with Crippen molar-refractivity contribution in [3.8, 4) is 5.75 Å². The maximum atomic E-state index is 10.4. The number of hydrogen-bond donors (Lipinski definition) is 2. The van der Waals surface area contributed by atoms with Gasteiger partial charge in [-0.1, -0.05) is 19.1 Å². The molecule has 0 radical (unpaired) electrons. The molecule has 0 spiro atoms. The molecule has 1 aliphatic rings. The normalized spacial score (nSPS) is 24.6. The minimum absolute atomic E-state index is 0.629. The molecule has 1 heterocycles. The van der Waals surface area contributed by atoms with Crippen molar-refractivity contribution >= 4 is 0 Å². The molecule has 0 saturated carbocycles. The molecule has 1 aromatic carbocycles. The van der Waals surface area contributed by atoms with E-state index in [1.165, 1.54) is 0 Å². The highest BCUT2D eigenvalue weighted by Crippen LogP contribution is 2.29.